The van der Waals surface area contributed by atoms with E-state index in [-0.39, 0.29) is 23.7 Å². The Kier molecular flexibility index (Phi) is 8.74. The van der Waals surface area contributed by atoms with Gasteiger partial charge in [-0.1, -0.05) is 0 Å². The minimum atomic E-state index is -1.34. The summed E-state index contributed by atoms with van der Waals surface area (Å²) >= 11 is 0. The van der Waals surface area contributed by atoms with Gasteiger partial charge in [0.15, 0.2) is 18.5 Å². The number of hydrogen-bond acceptors (Lipinski definition) is 11. The SMILES string of the molecule is CC(=O)N[C@@H]1[C@H](Oc2ccc(C=O)c(O)c2)O[C@H](COC(C)=O)[C@H](OC(C)=O)[C@@H]1OC(C)=O. The fourth-order valence-corrected chi connectivity index (χ4v) is 3.22. The number of ether oxygens (including phenoxy) is 5. The number of hydrogen-bond donors (Lipinski definition) is 2. The zero-order chi connectivity index (χ0) is 24.7. The van der Waals surface area contributed by atoms with Crippen LogP contribution in [0.5, 0.6) is 11.5 Å². The molecule has 0 unspecified atom stereocenters. The van der Waals surface area contributed by atoms with Crippen LogP contribution in [-0.2, 0) is 38.1 Å². The molecule has 1 aliphatic rings. The molecule has 1 aromatic carbocycles. The van der Waals surface area contributed by atoms with E-state index in [0.29, 0.717) is 6.29 Å². The summed E-state index contributed by atoms with van der Waals surface area (Å²) in [6.07, 6.45) is -4.57. The Morgan fingerprint density at radius 1 is 1.03 bits per heavy atom. The van der Waals surface area contributed by atoms with E-state index in [1.54, 1.807) is 0 Å². The van der Waals surface area contributed by atoms with Crippen LogP contribution in [0.15, 0.2) is 18.2 Å². The molecule has 180 valence electrons. The number of phenols is 1. The van der Waals surface area contributed by atoms with Crippen LogP contribution < -0.4 is 10.1 Å². The van der Waals surface area contributed by atoms with Crippen molar-refractivity contribution in [1.29, 1.82) is 0 Å². The van der Waals surface area contributed by atoms with Crippen LogP contribution in [0.2, 0.25) is 0 Å². The van der Waals surface area contributed by atoms with Crippen molar-refractivity contribution in [3.05, 3.63) is 23.8 Å². The zero-order valence-electron chi connectivity index (χ0n) is 18.4. The van der Waals surface area contributed by atoms with E-state index in [0.717, 1.165) is 19.9 Å². The number of phenolic OH excluding ortho intramolecular Hbond substituents is 1. The Morgan fingerprint density at radius 2 is 1.67 bits per heavy atom. The molecule has 1 heterocycles. The average Bonchev–Trinajstić information content (AvgIpc) is 2.70. The number of rotatable bonds is 8. The summed E-state index contributed by atoms with van der Waals surface area (Å²) in [7, 11) is 0. The first-order chi connectivity index (χ1) is 15.5. The highest BCUT2D eigenvalue weighted by atomic mass is 16.7. The highest BCUT2D eigenvalue weighted by Gasteiger charge is 2.52. The molecule has 0 bridgehead atoms. The fourth-order valence-electron chi connectivity index (χ4n) is 3.22. The van der Waals surface area contributed by atoms with Gasteiger partial charge in [0.05, 0.1) is 5.56 Å². The molecular weight excluding hydrogens is 442 g/mol. The lowest BCUT2D eigenvalue weighted by Crippen LogP contribution is -2.67. The third kappa shape index (κ3) is 7.17. The first-order valence-electron chi connectivity index (χ1n) is 9.87. The molecular formula is C21H25NO11. The van der Waals surface area contributed by atoms with Gasteiger partial charge in [-0.3, -0.25) is 24.0 Å². The average molecular weight is 467 g/mol. The smallest absolute Gasteiger partial charge is 0.303 e. The van der Waals surface area contributed by atoms with Crippen LogP contribution in [0.4, 0.5) is 0 Å². The highest BCUT2D eigenvalue weighted by Crippen LogP contribution is 2.30. The summed E-state index contributed by atoms with van der Waals surface area (Å²) in [5.74, 6) is -2.96. The second-order valence-electron chi connectivity index (χ2n) is 7.18. The number of nitrogens with one attached hydrogen (secondary N) is 1. The second-order valence-corrected chi connectivity index (χ2v) is 7.18. The van der Waals surface area contributed by atoms with E-state index >= 15 is 0 Å². The second kappa shape index (κ2) is 11.3. The van der Waals surface area contributed by atoms with Gasteiger partial charge in [-0.05, 0) is 12.1 Å². The van der Waals surface area contributed by atoms with Gasteiger partial charge in [-0.15, -0.1) is 0 Å². The van der Waals surface area contributed by atoms with Crippen LogP contribution >= 0.6 is 0 Å². The van der Waals surface area contributed by atoms with Gasteiger partial charge in [0, 0.05) is 33.8 Å². The first-order valence-corrected chi connectivity index (χ1v) is 9.87. The van der Waals surface area contributed by atoms with Gasteiger partial charge in [0.1, 0.15) is 30.3 Å². The third-order valence-corrected chi connectivity index (χ3v) is 4.45. The summed E-state index contributed by atoms with van der Waals surface area (Å²) in [6, 6.07) is 2.66. The highest BCUT2D eigenvalue weighted by molar-refractivity contribution is 5.79. The molecule has 0 saturated carbocycles. The van der Waals surface area contributed by atoms with E-state index in [9.17, 15) is 29.1 Å². The van der Waals surface area contributed by atoms with E-state index in [1.165, 1.54) is 26.0 Å². The van der Waals surface area contributed by atoms with E-state index in [2.05, 4.69) is 5.32 Å². The number of aromatic hydroxyl groups is 1. The summed E-state index contributed by atoms with van der Waals surface area (Å²) in [5, 5.41) is 12.5. The van der Waals surface area contributed by atoms with Crippen molar-refractivity contribution in [3.63, 3.8) is 0 Å². The van der Waals surface area contributed by atoms with Crippen molar-refractivity contribution < 1.29 is 52.8 Å². The molecule has 33 heavy (non-hydrogen) atoms. The Labute approximate surface area is 189 Å². The third-order valence-electron chi connectivity index (χ3n) is 4.45. The zero-order valence-corrected chi connectivity index (χ0v) is 18.4. The van der Waals surface area contributed by atoms with E-state index < -0.39 is 54.5 Å². The lowest BCUT2D eigenvalue weighted by Gasteiger charge is -2.44. The Balaban J connectivity index is 2.47. The standard InChI is InChI=1S/C21H25NO11/c1-10(24)22-18-20(31-13(4)27)19(30-12(3)26)17(9-29-11(2)25)33-21(18)32-15-6-5-14(8-23)16(28)7-15/h5-8,17-21,28H,9H2,1-4H3,(H,22,24)/t17-,18+,19+,20-,21-/m1/s1. The predicted molar refractivity (Wildman–Crippen MR) is 108 cm³/mol. The van der Waals surface area contributed by atoms with Crippen molar-refractivity contribution in [1.82, 2.24) is 5.32 Å². The lowest BCUT2D eigenvalue weighted by atomic mass is 9.96. The van der Waals surface area contributed by atoms with Crippen molar-refractivity contribution >= 4 is 30.1 Å². The van der Waals surface area contributed by atoms with Crippen LogP contribution in [-0.4, -0.2) is 72.5 Å². The number of aldehydes is 1. The van der Waals surface area contributed by atoms with Crippen molar-refractivity contribution in [2.45, 2.75) is 58.3 Å². The lowest BCUT2D eigenvalue weighted by molar-refractivity contribution is -0.257. The Bertz CT molecular complexity index is 915. The molecule has 5 atom stereocenters. The molecule has 0 spiro atoms. The molecule has 2 N–H and O–H groups in total. The number of esters is 3. The minimum Gasteiger partial charge on any atom is -0.507 e. The van der Waals surface area contributed by atoms with Gasteiger partial charge in [-0.25, -0.2) is 0 Å². The molecule has 1 aliphatic heterocycles. The van der Waals surface area contributed by atoms with Crippen LogP contribution in [0.1, 0.15) is 38.1 Å². The predicted octanol–water partition coefficient (Wildman–Crippen LogP) is 0.240. The topological polar surface area (TPSA) is 164 Å². The normalized spacial score (nSPS) is 24.2. The Hall–Kier alpha value is -3.67. The number of amides is 1. The van der Waals surface area contributed by atoms with Crippen molar-refractivity contribution in [2.75, 3.05) is 6.61 Å². The van der Waals surface area contributed by atoms with Gasteiger partial charge >= 0.3 is 17.9 Å². The summed E-state index contributed by atoms with van der Waals surface area (Å²) in [5.41, 5.74) is 0.0192. The molecule has 1 saturated heterocycles. The maximum absolute atomic E-state index is 11.9. The molecule has 1 fully saturated rings. The maximum atomic E-state index is 11.9. The Morgan fingerprint density at radius 3 is 2.18 bits per heavy atom. The molecule has 0 aromatic heterocycles. The van der Waals surface area contributed by atoms with Crippen LogP contribution in [0.3, 0.4) is 0 Å². The van der Waals surface area contributed by atoms with Crippen molar-refractivity contribution in [2.24, 2.45) is 0 Å². The molecule has 12 heteroatoms. The monoisotopic (exact) mass is 467 g/mol. The molecule has 1 amide bonds. The fraction of sp³-hybridized carbons (Fsp3) is 0.476. The summed E-state index contributed by atoms with van der Waals surface area (Å²) in [4.78, 5) is 57.7. The number of benzene rings is 1. The molecule has 12 nitrogen and oxygen atoms in total. The van der Waals surface area contributed by atoms with Gasteiger partial charge < -0.3 is 34.1 Å². The van der Waals surface area contributed by atoms with Gasteiger partial charge in [-0.2, -0.15) is 0 Å². The largest absolute Gasteiger partial charge is 0.507 e. The quantitative estimate of drug-likeness (QED) is 0.306. The maximum Gasteiger partial charge on any atom is 0.303 e. The number of carbonyl (C=O) groups is 5. The van der Waals surface area contributed by atoms with Gasteiger partial charge in [0.25, 0.3) is 0 Å². The molecule has 2 rings (SSSR count). The van der Waals surface area contributed by atoms with E-state index in [4.69, 9.17) is 23.7 Å². The molecule has 0 radical (unpaired) electrons. The summed E-state index contributed by atoms with van der Waals surface area (Å²) in [6.45, 7) is 4.24. The van der Waals surface area contributed by atoms with E-state index in [1.807, 2.05) is 0 Å². The van der Waals surface area contributed by atoms with Gasteiger partial charge in [0.2, 0.25) is 12.2 Å². The first kappa shape index (κ1) is 25.6. The molecule has 0 aliphatic carbocycles. The summed E-state index contributed by atoms with van der Waals surface area (Å²) < 4.78 is 27.2. The van der Waals surface area contributed by atoms with Crippen LogP contribution in [0.25, 0.3) is 0 Å². The van der Waals surface area contributed by atoms with Crippen LogP contribution in [0, 0.1) is 0 Å². The minimum absolute atomic E-state index is 0.0192. The molecule has 1 aromatic rings. The number of carbonyl (C=O) groups excluding carboxylic acids is 5. The van der Waals surface area contributed by atoms with Crippen molar-refractivity contribution in [3.8, 4) is 11.5 Å².